The molecule has 0 spiro atoms. The predicted octanol–water partition coefficient (Wildman–Crippen LogP) is 0.958. The summed E-state index contributed by atoms with van der Waals surface area (Å²) in [5.41, 5.74) is 0.604. The van der Waals surface area contributed by atoms with Crippen molar-refractivity contribution in [2.45, 2.75) is 0 Å². The van der Waals surface area contributed by atoms with Crippen molar-refractivity contribution in [2.24, 2.45) is 0 Å². The number of hydrogen-bond donors (Lipinski definition) is 2. The van der Waals surface area contributed by atoms with Crippen molar-refractivity contribution in [1.82, 2.24) is 0 Å². The standard InChI is InChI=1S/C13H16O6/c1-17-10-7-9(8-11(18-2)13(10)16)3-4-12(15)19-6-5-14/h3-4,7-8,14,16H,5-6H2,1-2H3. The SMILES string of the molecule is COc1cc(C=CC(=O)OCCO)cc(OC)c1O. The first-order chi connectivity index (χ1) is 9.12. The van der Waals surface area contributed by atoms with Crippen molar-refractivity contribution < 1.29 is 29.2 Å². The molecule has 0 bridgehead atoms. The minimum Gasteiger partial charge on any atom is -0.502 e. The molecular weight excluding hydrogens is 252 g/mol. The maximum atomic E-state index is 11.2. The van der Waals surface area contributed by atoms with Crippen molar-refractivity contribution in [2.75, 3.05) is 27.4 Å². The molecule has 0 atom stereocenters. The summed E-state index contributed by atoms with van der Waals surface area (Å²) in [5, 5.41) is 18.2. The Kier molecular flexibility index (Phi) is 5.69. The Labute approximate surface area is 110 Å². The zero-order valence-electron chi connectivity index (χ0n) is 10.8. The molecule has 0 aliphatic carbocycles. The van der Waals surface area contributed by atoms with E-state index in [-0.39, 0.29) is 30.5 Å². The molecule has 0 saturated heterocycles. The van der Waals surface area contributed by atoms with Crippen LogP contribution in [0.4, 0.5) is 0 Å². The molecule has 0 unspecified atom stereocenters. The summed E-state index contributed by atoms with van der Waals surface area (Å²) in [6, 6.07) is 3.10. The Bertz CT molecular complexity index is 441. The Balaban J connectivity index is 2.89. The number of carbonyl (C=O) groups excluding carboxylic acids is 1. The van der Waals surface area contributed by atoms with Crippen molar-refractivity contribution in [3.05, 3.63) is 23.8 Å². The van der Waals surface area contributed by atoms with Crippen molar-refractivity contribution in [1.29, 1.82) is 0 Å². The van der Waals surface area contributed by atoms with Crippen molar-refractivity contribution >= 4 is 12.0 Å². The van der Waals surface area contributed by atoms with E-state index < -0.39 is 5.97 Å². The van der Waals surface area contributed by atoms with Gasteiger partial charge < -0.3 is 24.4 Å². The molecule has 1 aromatic rings. The number of esters is 1. The first kappa shape index (κ1) is 14.8. The quantitative estimate of drug-likeness (QED) is 0.590. The van der Waals surface area contributed by atoms with Crippen molar-refractivity contribution in [3.8, 4) is 17.2 Å². The van der Waals surface area contributed by atoms with E-state index in [1.165, 1.54) is 26.4 Å². The Morgan fingerprint density at radius 1 is 1.26 bits per heavy atom. The molecule has 0 aliphatic heterocycles. The van der Waals surface area contributed by atoms with Gasteiger partial charge in [0.25, 0.3) is 0 Å². The Hall–Kier alpha value is -2.21. The largest absolute Gasteiger partial charge is 0.502 e. The Morgan fingerprint density at radius 2 is 1.84 bits per heavy atom. The van der Waals surface area contributed by atoms with Crippen LogP contribution in [0.2, 0.25) is 0 Å². The smallest absolute Gasteiger partial charge is 0.330 e. The highest BCUT2D eigenvalue weighted by atomic mass is 16.5. The molecule has 0 aliphatic rings. The number of ether oxygens (including phenoxy) is 3. The highest BCUT2D eigenvalue weighted by Crippen LogP contribution is 2.37. The lowest BCUT2D eigenvalue weighted by Gasteiger charge is -2.09. The molecule has 0 fully saturated rings. The average molecular weight is 268 g/mol. The average Bonchev–Trinajstić information content (AvgIpc) is 2.43. The van der Waals surface area contributed by atoms with Gasteiger partial charge in [0, 0.05) is 6.08 Å². The van der Waals surface area contributed by atoms with E-state index in [1.807, 2.05) is 0 Å². The van der Waals surface area contributed by atoms with E-state index in [2.05, 4.69) is 4.74 Å². The Morgan fingerprint density at radius 3 is 2.32 bits per heavy atom. The lowest BCUT2D eigenvalue weighted by molar-refractivity contribution is -0.138. The molecule has 6 nitrogen and oxygen atoms in total. The van der Waals surface area contributed by atoms with Crippen LogP contribution < -0.4 is 9.47 Å². The summed E-state index contributed by atoms with van der Waals surface area (Å²) < 4.78 is 14.6. The zero-order valence-corrected chi connectivity index (χ0v) is 10.8. The lowest BCUT2D eigenvalue weighted by Crippen LogP contribution is -2.04. The van der Waals surface area contributed by atoms with Crippen LogP contribution in [0.5, 0.6) is 17.2 Å². The summed E-state index contributed by atoms with van der Waals surface area (Å²) in [7, 11) is 2.83. The van der Waals surface area contributed by atoms with E-state index in [4.69, 9.17) is 14.6 Å². The van der Waals surface area contributed by atoms with Crippen LogP contribution in [0.15, 0.2) is 18.2 Å². The van der Waals surface area contributed by atoms with E-state index in [0.717, 1.165) is 0 Å². The highest BCUT2D eigenvalue weighted by Gasteiger charge is 2.10. The van der Waals surface area contributed by atoms with Gasteiger partial charge in [0.15, 0.2) is 11.5 Å². The second-order valence-electron chi connectivity index (χ2n) is 3.50. The van der Waals surface area contributed by atoms with E-state index >= 15 is 0 Å². The summed E-state index contributed by atoms with van der Waals surface area (Å²) in [5.74, 6) is -0.199. The fourth-order valence-electron chi connectivity index (χ4n) is 1.37. The molecule has 6 heteroatoms. The van der Waals surface area contributed by atoms with E-state index in [1.54, 1.807) is 12.1 Å². The molecular formula is C13H16O6. The first-order valence-corrected chi connectivity index (χ1v) is 5.53. The van der Waals surface area contributed by atoms with Gasteiger partial charge in [-0.2, -0.15) is 0 Å². The number of hydrogen-bond acceptors (Lipinski definition) is 6. The number of aliphatic hydroxyl groups excluding tert-OH is 1. The van der Waals surface area contributed by atoms with Crippen LogP contribution in [0.25, 0.3) is 6.08 Å². The lowest BCUT2D eigenvalue weighted by atomic mass is 10.1. The third-order valence-electron chi connectivity index (χ3n) is 2.25. The second kappa shape index (κ2) is 7.27. The molecule has 19 heavy (non-hydrogen) atoms. The normalized spacial score (nSPS) is 10.5. The van der Waals surface area contributed by atoms with Crippen LogP contribution in [0.1, 0.15) is 5.56 Å². The highest BCUT2D eigenvalue weighted by molar-refractivity contribution is 5.87. The third kappa shape index (κ3) is 4.18. The summed E-state index contributed by atoms with van der Waals surface area (Å²) in [6.07, 6.45) is 2.70. The van der Waals surface area contributed by atoms with Gasteiger partial charge in [-0.15, -0.1) is 0 Å². The number of rotatable bonds is 6. The predicted molar refractivity (Wildman–Crippen MR) is 68.3 cm³/mol. The molecule has 1 rings (SSSR count). The minimum atomic E-state index is -0.569. The summed E-state index contributed by atoms with van der Waals surface area (Å²) in [4.78, 5) is 11.2. The van der Waals surface area contributed by atoms with Gasteiger partial charge >= 0.3 is 5.97 Å². The van der Waals surface area contributed by atoms with Crippen LogP contribution >= 0.6 is 0 Å². The van der Waals surface area contributed by atoms with Gasteiger partial charge in [-0.1, -0.05) is 0 Å². The van der Waals surface area contributed by atoms with E-state index in [0.29, 0.717) is 5.56 Å². The first-order valence-electron chi connectivity index (χ1n) is 5.53. The van der Waals surface area contributed by atoms with Crippen LogP contribution in [-0.2, 0) is 9.53 Å². The number of aliphatic hydroxyl groups is 1. The monoisotopic (exact) mass is 268 g/mol. The number of phenolic OH excluding ortho intramolecular Hbond substituents is 1. The van der Waals surface area contributed by atoms with Gasteiger partial charge in [0.1, 0.15) is 6.61 Å². The number of phenols is 1. The summed E-state index contributed by atoms with van der Waals surface area (Å²) >= 11 is 0. The molecule has 0 radical (unpaired) electrons. The van der Waals surface area contributed by atoms with Crippen LogP contribution in [0, 0.1) is 0 Å². The molecule has 1 aromatic carbocycles. The maximum Gasteiger partial charge on any atom is 0.330 e. The molecule has 0 aromatic heterocycles. The number of carbonyl (C=O) groups is 1. The molecule has 0 heterocycles. The number of methoxy groups -OCH3 is 2. The van der Waals surface area contributed by atoms with Gasteiger partial charge in [-0.05, 0) is 23.8 Å². The van der Waals surface area contributed by atoms with Gasteiger partial charge in [0.05, 0.1) is 20.8 Å². The summed E-state index contributed by atoms with van der Waals surface area (Å²) in [6.45, 7) is -0.272. The zero-order chi connectivity index (χ0) is 14.3. The van der Waals surface area contributed by atoms with Gasteiger partial charge in [-0.3, -0.25) is 0 Å². The molecule has 2 N–H and O–H groups in total. The number of benzene rings is 1. The number of aromatic hydroxyl groups is 1. The minimum absolute atomic E-state index is 0.0502. The second-order valence-corrected chi connectivity index (χ2v) is 3.50. The van der Waals surface area contributed by atoms with Crippen LogP contribution in [-0.4, -0.2) is 43.6 Å². The fraction of sp³-hybridized carbons (Fsp3) is 0.308. The van der Waals surface area contributed by atoms with Crippen molar-refractivity contribution in [3.63, 3.8) is 0 Å². The van der Waals surface area contributed by atoms with Gasteiger partial charge in [0.2, 0.25) is 5.75 Å². The molecule has 0 saturated carbocycles. The molecule has 104 valence electrons. The molecule has 0 amide bonds. The fourth-order valence-corrected chi connectivity index (χ4v) is 1.37. The maximum absolute atomic E-state index is 11.2. The van der Waals surface area contributed by atoms with E-state index in [9.17, 15) is 9.90 Å². The van der Waals surface area contributed by atoms with Gasteiger partial charge in [-0.25, -0.2) is 4.79 Å². The topological polar surface area (TPSA) is 85.2 Å². The third-order valence-corrected chi connectivity index (χ3v) is 2.25. The van der Waals surface area contributed by atoms with Crippen LogP contribution in [0.3, 0.4) is 0 Å².